The van der Waals surface area contributed by atoms with Crippen LogP contribution in [0, 0.1) is 11.6 Å². The summed E-state index contributed by atoms with van der Waals surface area (Å²) in [6.45, 7) is 0. The average Bonchev–Trinajstić information content (AvgIpc) is 2.63. The zero-order valence-corrected chi connectivity index (χ0v) is 14.3. The van der Waals surface area contributed by atoms with Crippen LogP contribution in [0.5, 0.6) is 0 Å². The smallest absolute Gasteiger partial charge is 0.326 e. The van der Waals surface area contributed by atoms with Gasteiger partial charge in [0, 0.05) is 14.1 Å². The van der Waals surface area contributed by atoms with E-state index in [1.165, 1.54) is 67.5 Å². The van der Waals surface area contributed by atoms with Gasteiger partial charge < -0.3 is 10.0 Å². The predicted molar refractivity (Wildman–Crippen MR) is 90.1 cm³/mol. The van der Waals surface area contributed by atoms with Gasteiger partial charge in [-0.2, -0.15) is 0 Å². The lowest BCUT2D eigenvalue weighted by Gasteiger charge is -2.45. The third-order valence-electron chi connectivity index (χ3n) is 4.85. The second-order valence-electron chi connectivity index (χ2n) is 6.35. The lowest BCUT2D eigenvalue weighted by molar-refractivity contribution is -0.135. The van der Waals surface area contributed by atoms with E-state index in [1.807, 2.05) is 0 Å². The Bertz CT molecular complexity index is 791. The van der Waals surface area contributed by atoms with Crippen molar-refractivity contribution < 1.29 is 23.5 Å². The molecule has 0 aromatic heterocycles. The Kier molecular flexibility index (Phi) is 4.50. The second kappa shape index (κ2) is 6.49. The van der Waals surface area contributed by atoms with Crippen LogP contribution in [0.4, 0.5) is 13.6 Å². The minimum Gasteiger partial charge on any atom is -0.378 e. The number of urea groups is 1. The molecular formula is C19H18F2N2O3. The highest BCUT2D eigenvalue weighted by molar-refractivity contribution is 5.97. The molecule has 1 heterocycles. The minimum absolute atomic E-state index is 0.135. The van der Waals surface area contributed by atoms with Gasteiger partial charge in [-0.3, -0.25) is 9.69 Å². The lowest BCUT2D eigenvalue weighted by Crippen LogP contribution is -2.61. The maximum Gasteiger partial charge on any atom is 0.326 e. The van der Waals surface area contributed by atoms with Crippen molar-refractivity contribution in [1.82, 2.24) is 9.80 Å². The largest absolute Gasteiger partial charge is 0.378 e. The first-order chi connectivity index (χ1) is 12.2. The Morgan fingerprint density at radius 1 is 0.923 bits per heavy atom. The quantitative estimate of drug-likeness (QED) is 0.915. The zero-order chi connectivity index (χ0) is 19.1. The zero-order valence-electron chi connectivity index (χ0n) is 14.3. The van der Waals surface area contributed by atoms with Crippen LogP contribution in [-0.2, 0) is 10.4 Å². The minimum atomic E-state index is -1.82. The molecule has 1 aliphatic heterocycles. The number of carbonyl (C=O) groups is 2. The number of aliphatic hydroxyl groups is 1. The molecule has 0 bridgehead atoms. The maximum absolute atomic E-state index is 13.4. The number of amides is 3. The summed E-state index contributed by atoms with van der Waals surface area (Å²) >= 11 is 0. The predicted octanol–water partition coefficient (Wildman–Crippen LogP) is 2.48. The van der Waals surface area contributed by atoms with E-state index in [0.29, 0.717) is 11.1 Å². The molecule has 1 aliphatic rings. The normalized spacial score (nSPS) is 18.4. The summed E-state index contributed by atoms with van der Waals surface area (Å²) in [6, 6.07) is 8.79. The van der Waals surface area contributed by atoms with E-state index in [1.54, 1.807) is 0 Å². The average molecular weight is 360 g/mol. The number of carbonyl (C=O) groups excluding carboxylic acids is 2. The number of imide groups is 1. The van der Waals surface area contributed by atoms with Gasteiger partial charge in [0.05, 0.1) is 12.5 Å². The van der Waals surface area contributed by atoms with Crippen molar-refractivity contribution >= 4 is 11.9 Å². The number of benzene rings is 2. The number of likely N-dealkylation sites (N-methyl/N-ethyl adjacent to an activating group) is 1. The summed E-state index contributed by atoms with van der Waals surface area (Å²) in [5.74, 6) is -1.42. The molecule has 1 fully saturated rings. The van der Waals surface area contributed by atoms with E-state index in [0.717, 1.165) is 4.90 Å². The second-order valence-corrected chi connectivity index (χ2v) is 6.35. The first-order valence-electron chi connectivity index (χ1n) is 8.03. The summed E-state index contributed by atoms with van der Waals surface area (Å²) in [7, 11) is 2.85. The van der Waals surface area contributed by atoms with E-state index in [2.05, 4.69) is 0 Å². The molecule has 1 N–H and O–H groups in total. The van der Waals surface area contributed by atoms with E-state index < -0.39 is 35.2 Å². The van der Waals surface area contributed by atoms with Crippen LogP contribution in [0.2, 0.25) is 0 Å². The monoisotopic (exact) mass is 360 g/mol. The number of halogens is 2. The molecule has 0 saturated carbocycles. The number of hydrogen-bond acceptors (Lipinski definition) is 3. The Morgan fingerprint density at radius 3 is 1.77 bits per heavy atom. The fourth-order valence-corrected chi connectivity index (χ4v) is 3.30. The number of hydrogen-bond donors (Lipinski definition) is 1. The highest BCUT2D eigenvalue weighted by Gasteiger charge is 2.49. The maximum atomic E-state index is 13.4. The van der Waals surface area contributed by atoms with Crippen molar-refractivity contribution in [2.24, 2.45) is 0 Å². The van der Waals surface area contributed by atoms with Gasteiger partial charge in [-0.1, -0.05) is 24.3 Å². The molecule has 1 atom stereocenters. The van der Waals surface area contributed by atoms with Gasteiger partial charge in [0.25, 0.3) is 0 Å². The van der Waals surface area contributed by atoms with Gasteiger partial charge in [0.15, 0.2) is 0 Å². The van der Waals surface area contributed by atoms with Gasteiger partial charge in [-0.15, -0.1) is 0 Å². The molecule has 0 aliphatic carbocycles. The SMILES string of the molecule is CN1C(=O)C[C@@H](C(O)(c2ccc(F)cc2)c2ccc(F)cc2)N(C)C1=O. The van der Waals surface area contributed by atoms with Crippen LogP contribution >= 0.6 is 0 Å². The van der Waals surface area contributed by atoms with Gasteiger partial charge in [0.2, 0.25) is 5.91 Å². The molecule has 136 valence electrons. The highest BCUT2D eigenvalue weighted by Crippen LogP contribution is 2.39. The van der Waals surface area contributed by atoms with Crippen LogP contribution in [0.3, 0.4) is 0 Å². The van der Waals surface area contributed by atoms with Crippen LogP contribution in [0.25, 0.3) is 0 Å². The van der Waals surface area contributed by atoms with Crippen molar-refractivity contribution in [3.05, 3.63) is 71.3 Å². The van der Waals surface area contributed by atoms with Crippen LogP contribution < -0.4 is 0 Å². The van der Waals surface area contributed by atoms with Gasteiger partial charge in [-0.05, 0) is 35.4 Å². The summed E-state index contributed by atoms with van der Waals surface area (Å²) < 4.78 is 26.7. The first-order valence-corrected chi connectivity index (χ1v) is 8.03. The van der Waals surface area contributed by atoms with E-state index in [9.17, 15) is 23.5 Å². The number of nitrogens with zero attached hydrogens (tertiary/aromatic N) is 2. The van der Waals surface area contributed by atoms with Crippen molar-refractivity contribution in [3.63, 3.8) is 0 Å². The highest BCUT2D eigenvalue weighted by atomic mass is 19.1. The molecule has 2 aromatic carbocycles. The van der Waals surface area contributed by atoms with Crippen LogP contribution in [0.15, 0.2) is 48.5 Å². The molecule has 1 saturated heterocycles. The standard InChI is InChI=1S/C19H18F2N2O3/c1-22-16(11-17(24)23(2)18(22)25)19(26,12-3-7-14(20)8-4-12)13-5-9-15(21)10-6-13/h3-10,16,26H,11H2,1-2H3/t16-/m0/s1. The molecule has 7 heteroatoms. The van der Waals surface area contributed by atoms with Crippen molar-refractivity contribution in [2.75, 3.05) is 14.1 Å². The molecule has 5 nitrogen and oxygen atoms in total. The Balaban J connectivity index is 2.17. The van der Waals surface area contributed by atoms with E-state index >= 15 is 0 Å². The molecule has 3 amide bonds. The van der Waals surface area contributed by atoms with E-state index in [4.69, 9.17) is 0 Å². The van der Waals surface area contributed by atoms with Crippen molar-refractivity contribution in [3.8, 4) is 0 Å². The Morgan fingerprint density at radius 2 is 1.35 bits per heavy atom. The summed E-state index contributed by atoms with van der Waals surface area (Å²) in [5.41, 5.74) is -1.22. The summed E-state index contributed by atoms with van der Waals surface area (Å²) in [6.07, 6.45) is -0.135. The summed E-state index contributed by atoms with van der Waals surface area (Å²) in [4.78, 5) is 26.8. The van der Waals surface area contributed by atoms with Crippen molar-refractivity contribution in [1.29, 1.82) is 0 Å². The lowest BCUT2D eigenvalue weighted by atomic mass is 9.77. The van der Waals surface area contributed by atoms with Crippen molar-refractivity contribution in [2.45, 2.75) is 18.1 Å². The molecule has 3 rings (SSSR count). The van der Waals surface area contributed by atoms with Gasteiger partial charge in [0.1, 0.15) is 17.2 Å². The Labute approximate surface area is 149 Å². The molecule has 0 spiro atoms. The molecular weight excluding hydrogens is 342 g/mol. The van der Waals surface area contributed by atoms with Gasteiger partial charge >= 0.3 is 6.03 Å². The third kappa shape index (κ3) is 2.84. The molecule has 26 heavy (non-hydrogen) atoms. The van der Waals surface area contributed by atoms with Gasteiger partial charge in [-0.25, -0.2) is 13.6 Å². The fraction of sp³-hybridized carbons (Fsp3) is 0.263. The van der Waals surface area contributed by atoms with Crippen LogP contribution in [-0.4, -0.2) is 47.0 Å². The summed E-state index contributed by atoms with van der Waals surface area (Å²) in [5, 5.41) is 11.6. The first kappa shape index (κ1) is 18.0. The molecule has 0 radical (unpaired) electrons. The third-order valence-corrected chi connectivity index (χ3v) is 4.85. The van der Waals surface area contributed by atoms with Crippen LogP contribution in [0.1, 0.15) is 17.5 Å². The Hall–Kier alpha value is -2.80. The number of rotatable bonds is 3. The molecule has 0 unspecified atom stereocenters. The topological polar surface area (TPSA) is 60.9 Å². The van der Waals surface area contributed by atoms with E-state index in [-0.39, 0.29) is 6.42 Å². The molecule has 2 aromatic rings. The fourth-order valence-electron chi connectivity index (χ4n) is 3.30.